The number of halogens is 1. The number of methoxy groups -OCH3 is 2. The molecule has 1 N–H and O–H groups in total. The van der Waals surface area contributed by atoms with Gasteiger partial charge in [-0.2, -0.15) is 0 Å². The van der Waals surface area contributed by atoms with E-state index in [1.54, 1.807) is 37.3 Å². The highest BCUT2D eigenvalue weighted by Gasteiger charge is 2.17. The lowest BCUT2D eigenvalue weighted by atomic mass is 10.1. The Morgan fingerprint density at radius 3 is 2.48 bits per heavy atom. The summed E-state index contributed by atoms with van der Waals surface area (Å²) in [7, 11) is 2.78. The Bertz CT molecular complexity index is 758. The van der Waals surface area contributed by atoms with Gasteiger partial charge in [0.2, 0.25) is 0 Å². The second-order valence-corrected chi connectivity index (χ2v) is 5.20. The van der Waals surface area contributed by atoms with Gasteiger partial charge in [0.05, 0.1) is 25.3 Å². The molecule has 0 radical (unpaired) electrons. The predicted molar refractivity (Wildman–Crippen MR) is 88.5 cm³/mol. The van der Waals surface area contributed by atoms with Crippen molar-refractivity contribution in [3.8, 4) is 5.75 Å². The van der Waals surface area contributed by atoms with Crippen molar-refractivity contribution in [2.24, 2.45) is 0 Å². The molecular weight excluding hydrogens is 318 g/mol. The van der Waals surface area contributed by atoms with Crippen molar-refractivity contribution in [3.63, 3.8) is 0 Å². The average molecular weight is 334 g/mol. The van der Waals surface area contributed by atoms with E-state index in [4.69, 9.17) is 21.1 Å². The standard InChI is InChI=1S/C17H16ClNO4/c1-10-12(17(21)23-3)5-4-6-14(10)19-16(20)13-9-11(18)7-8-15(13)22-2/h4-9H,1-3H3,(H,19,20). The van der Waals surface area contributed by atoms with Gasteiger partial charge in [0.25, 0.3) is 5.91 Å². The van der Waals surface area contributed by atoms with Crippen molar-refractivity contribution < 1.29 is 19.1 Å². The summed E-state index contributed by atoms with van der Waals surface area (Å²) in [5, 5.41) is 3.19. The van der Waals surface area contributed by atoms with Gasteiger partial charge in [-0.25, -0.2) is 4.79 Å². The van der Waals surface area contributed by atoms with Gasteiger partial charge < -0.3 is 14.8 Å². The lowest BCUT2D eigenvalue weighted by molar-refractivity contribution is 0.0599. The van der Waals surface area contributed by atoms with Gasteiger partial charge in [-0.1, -0.05) is 17.7 Å². The molecule has 0 aromatic heterocycles. The Morgan fingerprint density at radius 1 is 1.09 bits per heavy atom. The number of amides is 1. The van der Waals surface area contributed by atoms with Crippen molar-refractivity contribution in [1.82, 2.24) is 0 Å². The maximum absolute atomic E-state index is 12.5. The van der Waals surface area contributed by atoms with Crippen LogP contribution in [-0.2, 0) is 4.74 Å². The van der Waals surface area contributed by atoms with Crippen LogP contribution in [0.25, 0.3) is 0 Å². The molecule has 0 atom stereocenters. The number of hydrogen-bond acceptors (Lipinski definition) is 4. The average Bonchev–Trinajstić information content (AvgIpc) is 2.56. The maximum atomic E-state index is 12.5. The number of carbonyl (C=O) groups is 2. The number of benzene rings is 2. The lowest BCUT2D eigenvalue weighted by Gasteiger charge is -2.13. The minimum absolute atomic E-state index is 0.308. The zero-order chi connectivity index (χ0) is 17.0. The Morgan fingerprint density at radius 2 is 1.83 bits per heavy atom. The van der Waals surface area contributed by atoms with Crippen LogP contribution >= 0.6 is 11.6 Å². The molecule has 2 aromatic carbocycles. The third-order valence-electron chi connectivity index (χ3n) is 3.39. The van der Waals surface area contributed by atoms with Crippen LogP contribution in [0.2, 0.25) is 5.02 Å². The molecule has 0 aliphatic rings. The second kappa shape index (κ2) is 7.15. The van der Waals surface area contributed by atoms with Crippen LogP contribution in [0.15, 0.2) is 36.4 Å². The maximum Gasteiger partial charge on any atom is 0.338 e. The minimum atomic E-state index is -0.459. The van der Waals surface area contributed by atoms with E-state index in [2.05, 4.69) is 5.32 Å². The van der Waals surface area contributed by atoms with Crippen LogP contribution in [0.5, 0.6) is 5.75 Å². The molecule has 6 heteroatoms. The first-order valence-corrected chi connectivity index (χ1v) is 7.18. The third-order valence-corrected chi connectivity index (χ3v) is 3.63. The second-order valence-electron chi connectivity index (χ2n) is 4.77. The van der Waals surface area contributed by atoms with Crippen molar-refractivity contribution >= 4 is 29.2 Å². The van der Waals surface area contributed by atoms with Crippen molar-refractivity contribution in [2.75, 3.05) is 19.5 Å². The first-order valence-electron chi connectivity index (χ1n) is 6.80. The predicted octanol–water partition coefficient (Wildman–Crippen LogP) is 3.70. The normalized spacial score (nSPS) is 10.1. The minimum Gasteiger partial charge on any atom is -0.496 e. The topological polar surface area (TPSA) is 64.6 Å². The molecule has 5 nitrogen and oxygen atoms in total. The molecule has 0 fully saturated rings. The summed E-state index contributed by atoms with van der Waals surface area (Å²) in [6.45, 7) is 1.73. The summed E-state index contributed by atoms with van der Waals surface area (Å²) in [5.74, 6) is -0.429. The van der Waals surface area contributed by atoms with E-state index in [-0.39, 0.29) is 5.91 Å². The van der Waals surface area contributed by atoms with Crippen LogP contribution in [0, 0.1) is 6.92 Å². The Balaban J connectivity index is 2.35. The van der Waals surface area contributed by atoms with Gasteiger partial charge in [-0.3, -0.25) is 4.79 Å². The fourth-order valence-electron chi connectivity index (χ4n) is 2.15. The number of esters is 1. The smallest absolute Gasteiger partial charge is 0.338 e. The molecular formula is C17H16ClNO4. The van der Waals surface area contributed by atoms with Gasteiger partial charge in [-0.05, 0) is 42.8 Å². The highest BCUT2D eigenvalue weighted by atomic mass is 35.5. The number of carbonyl (C=O) groups excluding carboxylic acids is 2. The van der Waals surface area contributed by atoms with E-state index in [0.717, 1.165) is 0 Å². The molecule has 0 aliphatic carbocycles. The van der Waals surface area contributed by atoms with E-state index in [0.29, 0.717) is 33.1 Å². The number of rotatable bonds is 4. The largest absolute Gasteiger partial charge is 0.496 e. The molecule has 23 heavy (non-hydrogen) atoms. The zero-order valence-electron chi connectivity index (χ0n) is 13.0. The molecule has 2 aromatic rings. The van der Waals surface area contributed by atoms with Gasteiger partial charge >= 0.3 is 5.97 Å². The lowest BCUT2D eigenvalue weighted by Crippen LogP contribution is -2.15. The van der Waals surface area contributed by atoms with Crippen LogP contribution in [0.4, 0.5) is 5.69 Å². The number of anilines is 1. The molecule has 0 heterocycles. The van der Waals surface area contributed by atoms with Crippen LogP contribution in [0.1, 0.15) is 26.3 Å². The summed E-state index contributed by atoms with van der Waals surface area (Å²) in [5.41, 5.74) is 1.83. The molecule has 0 spiro atoms. The summed E-state index contributed by atoms with van der Waals surface area (Å²) in [4.78, 5) is 24.2. The fraction of sp³-hybridized carbons (Fsp3) is 0.176. The summed E-state index contributed by atoms with van der Waals surface area (Å²) < 4.78 is 9.90. The van der Waals surface area contributed by atoms with E-state index in [9.17, 15) is 9.59 Å². The van der Waals surface area contributed by atoms with Crippen LogP contribution in [0.3, 0.4) is 0 Å². The third kappa shape index (κ3) is 3.63. The number of nitrogens with one attached hydrogen (secondary N) is 1. The zero-order valence-corrected chi connectivity index (χ0v) is 13.7. The molecule has 0 saturated heterocycles. The highest BCUT2D eigenvalue weighted by Crippen LogP contribution is 2.25. The van der Waals surface area contributed by atoms with E-state index >= 15 is 0 Å². The Kier molecular flexibility index (Phi) is 5.24. The van der Waals surface area contributed by atoms with E-state index < -0.39 is 5.97 Å². The van der Waals surface area contributed by atoms with E-state index in [1.807, 2.05) is 0 Å². The van der Waals surface area contributed by atoms with Crippen molar-refractivity contribution in [1.29, 1.82) is 0 Å². The van der Waals surface area contributed by atoms with Gasteiger partial charge in [0.15, 0.2) is 0 Å². The molecule has 0 aliphatic heterocycles. The van der Waals surface area contributed by atoms with Crippen molar-refractivity contribution in [2.45, 2.75) is 6.92 Å². The van der Waals surface area contributed by atoms with Crippen LogP contribution < -0.4 is 10.1 Å². The van der Waals surface area contributed by atoms with Gasteiger partial charge in [-0.15, -0.1) is 0 Å². The summed E-state index contributed by atoms with van der Waals surface area (Å²) >= 11 is 5.94. The summed E-state index contributed by atoms with van der Waals surface area (Å²) in [6.07, 6.45) is 0. The first kappa shape index (κ1) is 16.8. The quantitative estimate of drug-likeness (QED) is 0.866. The first-order chi connectivity index (χ1) is 11.0. The van der Waals surface area contributed by atoms with Crippen LogP contribution in [-0.4, -0.2) is 26.1 Å². The Hall–Kier alpha value is -2.53. The fourth-order valence-corrected chi connectivity index (χ4v) is 2.32. The molecule has 120 valence electrons. The molecule has 0 unspecified atom stereocenters. The van der Waals surface area contributed by atoms with E-state index in [1.165, 1.54) is 20.3 Å². The molecule has 1 amide bonds. The number of hydrogen-bond donors (Lipinski definition) is 1. The Labute approximate surface area is 139 Å². The molecule has 0 bridgehead atoms. The SMILES string of the molecule is COC(=O)c1cccc(NC(=O)c2cc(Cl)ccc2OC)c1C. The monoisotopic (exact) mass is 333 g/mol. The van der Waals surface area contributed by atoms with Gasteiger partial charge in [0, 0.05) is 10.7 Å². The highest BCUT2D eigenvalue weighted by molar-refractivity contribution is 6.31. The van der Waals surface area contributed by atoms with Gasteiger partial charge in [0.1, 0.15) is 5.75 Å². The number of ether oxygens (including phenoxy) is 2. The van der Waals surface area contributed by atoms with Crippen molar-refractivity contribution in [3.05, 3.63) is 58.1 Å². The molecule has 0 saturated carbocycles. The molecule has 2 rings (SSSR count). The summed E-state index contributed by atoms with van der Waals surface area (Å²) in [6, 6.07) is 9.79.